The lowest BCUT2D eigenvalue weighted by atomic mass is 10.0. The minimum absolute atomic E-state index is 0.0947. The van der Waals surface area contributed by atoms with Gasteiger partial charge in [0.05, 0.1) is 0 Å². The van der Waals surface area contributed by atoms with E-state index in [1.54, 1.807) is 0 Å². The predicted molar refractivity (Wildman–Crippen MR) is 98.1 cm³/mol. The molecule has 1 atom stereocenters. The number of hydrogen-bond acceptors (Lipinski definition) is 4. The molecule has 26 heavy (non-hydrogen) atoms. The van der Waals surface area contributed by atoms with Gasteiger partial charge in [0.1, 0.15) is 0 Å². The molecule has 0 aromatic heterocycles. The first-order chi connectivity index (χ1) is 12.6. The molecular weight excluding hydrogens is 330 g/mol. The lowest BCUT2D eigenvalue weighted by molar-refractivity contribution is -0.138. The third kappa shape index (κ3) is 4.91. The fraction of sp³-hybridized carbons (Fsp3) is 0.550. The highest BCUT2D eigenvalue weighted by atomic mass is 16.2. The van der Waals surface area contributed by atoms with Crippen LogP contribution in [0.25, 0.3) is 0 Å². The molecule has 2 aliphatic rings. The quantitative estimate of drug-likeness (QED) is 0.754. The maximum Gasteiger partial charge on any atom is 0.229 e. The van der Waals surface area contributed by atoms with Crippen LogP contribution in [0, 0.1) is 0 Å². The molecule has 1 aromatic carbocycles. The summed E-state index contributed by atoms with van der Waals surface area (Å²) in [5, 5.41) is 2.99. The number of imide groups is 1. The topological polar surface area (TPSA) is 69.7 Å². The Kier molecular flexibility index (Phi) is 6.39. The number of nitrogens with one attached hydrogen (secondary N) is 1. The number of hydrogen-bond donors (Lipinski definition) is 1. The van der Waals surface area contributed by atoms with E-state index in [4.69, 9.17) is 0 Å². The second-order valence-corrected chi connectivity index (χ2v) is 7.10. The average Bonchev–Trinajstić information content (AvgIpc) is 2.98. The monoisotopic (exact) mass is 357 g/mol. The summed E-state index contributed by atoms with van der Waals surface area (Å²) in [6.07, 6.45) is 4.19. The summed E-state index contributed by atoms with van der Waals surface area (Å²) in [5.41, 5.74) is 1.29. The number of carbonyl (C=O) groups is 3. The molecule has 3 rings (SSSR count). The van der Waals surface area contributed by atoms with Crippen molar-refractivity contribution in [1.82, 2.24) is 15.1 Å². The number of nitrogens with zero attached hydrogens (tertiary/aromatic N) is 2. The Morgan fingerprint density at radius 2 is 1.81 bits per heavy atom. The Morgan fingerprint density at radius 3 is 2.54 bits per heavy atom. The van der Waals surface area contributed by atoms with Crippen LogP contribution in [0.15, 0.2) is 30.3 Å². The van der Waals surface area contributed by atoms with Crippen LogP contribution in [-0.2, 0) is 20.9 Å². The zero-order chi connectivity index (χ0) is 18.4. The maximum atomic E-state index is 12.1. The van der Waals surface area contributed by atoms with E-state index in [1.807, 2.05) is 6.07 Å². The van der Waals surface area contributed by atoms with Crippen LogP contribution in [0.5, 0.6) is 0 Å². The zero-order valence-corrected chi connectivity index (χ0v) is 15.2. The van der Waals surface area contributed by atoms with Gasteiger partial charge in [-0.2, -0.15) is 0 Å². The highest BCUT2D eigenvalue weighted by Crippen LogP contribution is 2.19. The Morgan fingerprint density at radius 1 is 1.08 bits per heavy atom. The van der Waals surface area contributed by atoms with Gasteiger partial charge in [0.2, 0.25) is 17.7 Å². The van der Waals surface area contributed by atoms with E-state index >= 15 is 0 Å². The molecule has 2 saturated heterocycles. The minimum Gasteiger partial charge on any atom is -0.354 e. The minimum atomic E-state index is -0.163. The molecular formula is C20H27N3O3. The van der Waals surface area contributed by atoms with E-state index in [9.17, 15) is 14.4 Å². The molecule has 3 amide bonds. The fourth-order valence-corrected chi connectivity index (χ4v) is 3.72. The average molecular weight is 357 g/mol. The molecule has 0 spiro atoms. The van der Waals surface area contributed by atoms with Crippen LogP contribution < -0.4 is 5.32 Å². The summed E-state index contributed by atoms with van der Waals surface area (Å²) in [6, 6.07) is 10.7. The predicted octanol–water partition coefficient (Wildman–Crippen LogP) is 1.70. The highest BCUT2D eigenvalue weighted by Gasteiger charge is 2.29. The third-order valence-corrected chi connectivity index (χ3v) is 5.23. The lowest BCUT2D eigenvalue weighted by Crippen LogP contribution is -2.46. The smallest absolute Gasteiger partial charge is 0.229 e. The SMILES string of the molecule is O=C(CCN1C(=O)CCC1=O)NCC1CCCCN1Cc1ccccc1. The largest absolute Gasteiger partial charge is 0.354 e. The summed E-state index contributed by atoms with van der Waals surface area (Å²) in [4.78, 5) is 39.0. The number of benzene rings is 1. The molecule has 140 valence electrons. The van der Waals surface area contributed by atoms with Gasteiger partial charge in [0.25, 0.3) is 0 Å². The first-order valence-corrected chi connectivity index (χ1v) is 9.51. The van der Waals surface area contributed by atoms with Crippen LogP contribution in [0.1, 0.15) is 44.1 Å². The van der Waals surface area contributed by atoms with Gasteiger partial charge in [-0.1, -0.05) is 36.8 Å². The van der Waals surface area contributed by atoms with E-state index in [2.05, 4.69) is 34.5 Å². The number of piperidine rings is 1. The van der Waals surface area contributed by atoms with Gasteiger partial charge < -0.3 is 5.32 Å². The molecule has 1 unspecified atom stereocenters. The molecule has 2 aliphatic heterocycles. The van der Waals surface area contributed by atoms with E-state index in [0.29, 0.717) is 12.6 Å². The summed E-state index contributed by atoms with van der Waals surface area (Å²) < 4.78 is 0. The first kappa shape index (κ1) is 18.6. The van der Waals surface area contributed by atoms with Crippen molar-refractivity contribution in [3.8, 4) is 0 Å². The van der Waals surface area contributed by atoms with Crippen molar-refractivity contribution in [2.24, 2.45) is 0 Å². The lowest BCUT2D eigenvalue weighted by Gasteiger charge is -2.36. The van der Waals surface area contributed by atoms with Gasteiger partial charge >= 0.3 is 0 Å². The van der Waals surface area contributed by atoms with E-state index < -0.39 is 0 Å². The van der Waals surface area contributed by atoms with Gasteiger partial charge in [-0.15, -0.1) is 0 Å². The Balaban J connectivity index is 1.45. The van der Waals surface area contributed by atoms with Crippen molar-refractivity contribution in [2.45, 2.75) is 51.1 Å². The second-order valence-electron chi connectivity index (χ2n) is 7.10. The molecule has 1 N–H and O–H groups in total. The molecule has 2 fully saturated rings. The second kappa shape index (κ2) is 8.94. The van der Waals surface area contributed by atoms with Crippen LogP contribution in [0.3, 0.4) is 0 Å². The number of carbonyl (C=O) groups excluding carboxylic acids is 3. The van der Waals surface area contributed by atoms with Crippen molar-refractivity contribution in [1.29, 1.82) is 0 Å². The van der Waals surface area contributed by atoms with Crippen LogP contribution in [0.4, 0.5) is 0 Å². The van der Waals surface area contributed by atoms with Gasteiger partial charge in [-0.25, -0.2) is 0 Å². The molecule has 0 bridgehead atoms. The number of rotatable bonds is 7. The van der Waals surface area contributed by atoms with Crippen molar-refractivity contribution < 1.29 is 14.4 Å². The van der Waals surface area contributed by atoms with E-state index in [0.717, 1.165) is 19.5 Å². The molecule has 6 heteroatoms. The van der Waals surface area contributed by atoms with Crippen molar-refractivity contribution in [2.75, 3.05) is 19.6 Å². The Hall–Kier alpha value is -2.21. The van der Waals surface area contributed by atoms with Crippen molar-refractivity contribution >= 4 is 17.7 Å². The third-order valence-electron chi connectivity index (χ3n) is 5.23. The van der Waals surface area contributed by atoms with Crippen LogP contribution in [-0.4, -0.2) is 53.2 Å². The fourth-order valence-electron chi connectivity index (χ4n) is 3.72. The normalized spacial score (nSPS) is 21.2. The van der Waals surface area contributed by atoms with Crippen molar-refractivity contribution in [3.05, 3.63) is 35.9 Å². The summed E-state index contributed by atoms with van der Waals surface area (Å²) in [5.74, 6) is -0.420. The molecule has 1 aromatic rings. The molecule has 0 radical (unpaired) electrons. The number of likely N-dealkylation sites (tertiary alicyclic amines) is 2. The standard InChI is InChI=1S/C20H27N3O3/c24-18(11-13-23-19(25)9-10-20(23)26)21-14-17-8-4-5-12-22(17)15-16-6-2-1-3-7-16/h1-3,6-7,17H,4-5,8-15H2,(H,21,24). The molecule has 2 heterocycles. The highest BCUT2D eigenvalue weighted by molar-refractivity contribution is 6.02. The Labute approximate surface area is 154 Å². The number of amides is 3. The first-order valence-electron chi connectivity index (χ1n) is 9.51. The molecule has 0 saturated carbocycles. The van der Waals surface area contributed by atoms with Gasteiger partial charge in [-0.3, -0.25) is 24.2 Å². The van der Waals surface area contributed by atoms with E-state index in [-0.39, 0.29) is 43.5 Å². The summed E-state index contributed by atoms with van der Waals surface area (Å²) >= 11 is 0. The van der Waals surface area contributed by atoms with Gasteiger partial charge in [0, 0.05) is 44.9 Å². The van der Waals surface area contributed by atoms with Gasteiger partial charge in [0.15, 0.2) is 0 Å². The molecule has 0 aliphatic carbocycles. The van der Waals surface area contributed by atoms with Crippen molar-refractivity contribution in [3.63, 3.8) is 0 Å². The molecule has 6 nitrogen and oxygen atoms in total. The van der Waals surface area contributed by atoms with E-state index in [1.165, 1.54) is 23.3 Å². The Bertz CT molecular complexity index is 631. The maximum absolute atomic E-state index is 12.1. The van der Waals surface area contributed by atoms with Crippen LogP contribution >= 0.6 is 0 Å². The van der Waals surface area contributed by atoms with Crippen LogP contribution in [0.2, 0.25) is 0 Å². The van der Waals surface area contributed by atoms with Gasteiger partial charge in [-0.05, 0) is 24.9 Å². The summed E-state index contributed by atoms with van der Waals surface area (Å²) in [7, 11) is 0. The summed E-state index contributed by atoms with van der Waals surface area (Å²) in [6.45, 7) is 2.76. The zero-order valence-electron chi connectivity index (χ0n) is 15.2.